The number of carbonyl (C=O) groups is 2. The van der Waals surface area contributed by atoms with E-state index in [9.17, 15) is 9.59 Å². The lowest BCUT2D eigenvalue weighted by atomic mass is 10.1. The van der Waals surface area contributed by atoms with Crippen molar-refractivity contribution < 1.29 is 9.59 Å². The molecule has 1 aromatic carbocycles. The molecule has 0 aromatic heterocycles. The van der Waals surface area contributed by atoms with Crippen molar-refractivity contribution in [3.63, 3.8) is 0 Å². The number of hydrogen-bond acceptors (Lipinski definition) is 2. The number of likely N-dealkylation sites (tertiary alicyclic amines) is 1. The van der Waals surface area contributed by atoms with Crippen LogP contribution in [0.5, 0.6) is 0 Å². The van der Waals surface area contributed by atoms with E-state index in [1.165, 1.54) is 19.3 Å². The Kier molecular flexibility index (Phi) is 3.72. The first-order valence-corrected chi connectivity index (χ1v) is 7.46. The maximum absolute atomic E-state index is 12.6. The minimum Gasteiger partial charge on any atom is -0.339 e. The Labute approximate surface area is 119 Å². The van der Waals surface area contributed by atoms with Crippen LogP contribution in [0.3, 0.4) is 0 Å². The number of benzene rings is 1. The Balaban J connectivity index is 1.76. The molecule has 2 aliphatic heterocycles. The van der Waals surface area contributed by atoms with E-state index in [0.717, 1.165) is 37.2 Å². The van der Waals surface area contributed by atoms with E-state index in [1.54, 1.807) is 0 Å². The Morgan fingerprint density at radius 1 is 1.05 bits per heavy atom. The second kappa shape index (κ2) is 5.65. The van der Waals surface area contributed by atoms with Crippen LogP contribution in [0, 0.1) is 0 Å². The third-order valence-corrected chi connectivity index (χ3v) is 4.13. The summed E-state index contributed by atoms with van der Waals surface area (Å²) in [7, 11) is 0. The van der Waals surface area contributed by atoms with Gasteiger partial charge in [-0.05, 0) is 30.5 Å². The van der Waals surface area contributed by atoms with Gasteiger partial charge in [0.05, 0.1) is 6.42 Å². The highest BCUT2D eigenvalue weighted by atomic mass is 16.2. The quantitative estimate of drug-likeness (QED) is 0.854. The summed E-state index contributed by atoms with van der Waals surface area (Å²) in [5.41, 5.74) is 2.47. The molecule has 3 rings (SSSR count). The predicted molar refractivity (Wildman–Crippen MR) is 77.8 cm³/mol. The van der Waals surface area contributed by atoms with Gasteiger partial charge in [0.25, 0.3) is 5.91 Å². The third-order valence-electron chi connectivity index (χ3n) is 4.13. The van der Waals surface area contributed by atoms with Crippen molar-refractivity contribution in [1.82, 2.24) is 4.90 Å². The first-order valence-electron chi connectivity index (χ1n) is 7.46. The third kappa shape index (κ3) is 2.69. The van der Waals surface area contributed by atoms with E-state index in [2.05, 4.69) is 5.32 Å². The van der Waals surface area contributed by atoms with Gasteiger partial charge in [-0.25, -0.2) is 0 Å². The number of hydrogen-bond donors (Lipinski definition) is 1. The summed E-state index contributed by atoms with van der Waals surface area (Å²) in [6, 6.07) is 5.56. The Bertz CT molecular complexity index is 531. The lowest BCUT2D eigenvalue weighted by Gasteiger charge is -2.25. The average Bonchev–Trinajstić information content (AvgIpc) is 2.76. The van der Waals surface area contributed by atoms with Crippen molar-refractivity contribution in [3.05, 3.63) is 29.3 Å². The number of fused-ring (bicyclic) bond motifs is 1. The molecule has 0 unspecified atom stereocenters. The smallest absolute Gasteiger partial charge is 0.253 e. The zero-order chi connectivity index (χ0) is 13.9. The summed E-state index contributed by atoms with van der Waals surface area (Å²) in [6.45, 7) is 1.70. The van der Waals surface area contributed by atoms with E-state index in [0.29, 0.717) is 12.0 Å². The summed E-state index contributed by atoms with van der Waals surface area (Å²) in [5, 5.41) is 2.81. The Morgan fingerprint density at radius 3 is 2.50 bits per heavy atom. The molecule has 1 saturated heterocycles. The summed E-state index contributed by atoms with van der Waals surface area (Å²) in [6.07, 6.45) is 6.31. The molecule has 1 aromatic rings. The zero-order valence-corrected chi connectivity index (χ0v) is 11.7. The van der Waals surface area contributed by atoms with Crippen LogP contribution in [0.1, 0.15) is 48.0 Å². The van der Waals surface area contributed by atoms with Gasteiger partial charge in [-0.15, -0.1) is 0 Å². The van der Waals surface area contributed by atoms with E-state index in [1.807, 2.05) is 23.1 Å². The van der Waals surface area contributed by atoms with Crippen LogP contribution in [-0.4, -0.2) is 29.8 Å². The van der Waals surface area contributed by atoms with E-state index in [4.69, 9.17) is 0 Å². The van der Waals surface area contributed by atoms with Crippen molar-refractivity contribution >= 4 is 17.5 Å². The number of nitrogens with one attached hydrogen (secondary N) is 1. The molecular weight excluding hydrogens is 252 g/mol. The topological polar surface area (TPSA) is 49.4 Å². The van der Waals surface area contributed by atoms with Crippen molar-refractivity contribution in [2.24, 2.45) is 0 Å². The summed E-state index contributed by atoms with van der Waals surface area (Å²) in [4.78, 5) is 25.9. The SMILES string of the molecule is O=C1Cc2ccc(C(=O)N3CCCCCCC3)cc2N1. The summed E-state index contributed by atoms with van der Waals surface area (Å²) in [5.74, 6) is 0.103. The van der Waals surface area contributed by atoms with Gasteiger partial charge >= 0.3 is 0 Å². The second-order valence-electron chi connectivity index (χ2n) is 5.66. The Morgan fingerprint density at radius 2 is 1.75 bits per heavy atom. The van der Waals surface area contributed by atoms with Crippen molar-refractivity contribution in [3.8, 4) is 0 Å². The highest BCUT2D eigenvalue weighted by Crippen LogP contribution is 2.25. The molecule has 0 atom stereocenters. The van der Waals surface area contributed by atoms with Crippen molar-refractivity contribution in [1.29, 1.82) is 0 Å². The molecule has 0 spiro atoms. The minimum atomic E-state index is 0.0101. The molecule has 1 N–H and O–H groups in total. The molecule has 0 saturated carbocycles. The normalized spacial score (nSPS) is 19.0. The van der Waals surface area contributed by atoms with Crippen LogP contribution < -0.4 is 5.32 Å². The van der Waals surface area contributed by atoms with E-state index >= 15 is 0 Å². The van der Waals surface area contributed by atoms with Crippen molar-refractivity contribution in [2.45, 2.75) is 38.5 Å². The summed E-state index contributed by atoms with van der Waals surface area (Å²) >= 11 is 0. The van der Waals surface area contributed by atoms with Crippen LogP contribution in [0.25, 0.3) is 0 Å². The van der Waals surface area contributed by atoms with Crippen LogP contribution in [-0.2, 0) is 11.2 Å². The van der Waals surface area contributed by atoms with Crippen LogP contribution in [0.4, 0.5) is 5.69 Å². The average molecular weight is 272 g/mol. The molecular formula is C16H20N2O2. The van der Waals surface area contributed by atoms with Gasteiger partial charge in [-0.1, -0.05) is 25.3 Å². The molecule has 106 valence electrons. The van der Waals surface area contributed by atoms with Gasteiger partial charge in [0.15, 0.2) is 0 Å². The first kappa shape index (κ1) is 13.2. The maximum atomic E-state index is 12.6. The minimum absolute atomic E-state index is 0.0101. The van der Waals surface area contributed by atoms with Gasteiger partial charge < -0.3 is 10.2 Å². The van der Waals surface area contributed by atoms with Crippen LogP contribution in [0.15, 0.2) is 18.2 Å². The van der Waals surface area contributed by atoms with Crippen LogP contribution in [0.2, 0.25) is 0 Å². The van der Waals surface area contributed by atoms with Gasteiger partial charge in [0, 0.05) is 24.3 Å². The molecule has 2 amide bonds. The van der Waals surface area contributed by atoms with E-state index in [-0.39, 0.29) is 11.8 Å². The zero-order valence-electron chi connectivity index (χ0n) is 11.7. The first-order chi connectivity index (χ1) is 9.74. The molecule has 2 heterocycles. The molecule has 4 nitrogen and oxygen atoms in total. The van der Waals surface area contributed by atoms with Crippen molar-refractivity contribution in [2.75, 3.05) is 18.4 Å². The van der Waals surface area contributed by atoms with Gasteiger partial charge in [-0.3, -0.25) is 9.59 Å². The second-order valence-corrected chi connectivity index (χ2v) is 5.66. The monoisotopic (exact) mass is 272 g/mol. The van der Waals surface area contributed by atoms with Gasteiger partial charge in [0.2, 0.25) is 5.91 Å². The summed E-state index contributed by atoms with van der Waals surface area (Å²) < 4.78 is 0. The molecule has 2 aliphatic rings. The number of amides is 2. The number of nitrogens with zero attached hydrogens (tertiary/aromatic N) is 1. The number of carbonyl (C=O) groups excluding carboxylic acids is 2. The van der Waals surface area contributed by atoms with E-state index < -0.39 is 0 Å². The fourth-order valence-corrected chi connectivity index (χ4v) is 2.98. The number of anilines is 1. The molecule has 0 bridgehead atoms. The highest BCUT2D eigenvalue weighted by molar-refractivity contribution is 6.02. The lowest BCUT2D eigenvalue weighted by molar-refractivity contribution is -0.115. The highest BCUT2D eigenvalue weighted by Gasteiger charge is 2.21. The molecule has 0 aliphatic carbocycles. The molecule has 0 radical (unpaired) electrons. The predicted octanol–water partition coefficient (Wildman–Crippen LogP) is 2.59. The Hall–Kier alpha value is -1.84. The fourth-order valence-electron chi connectivity index (χ4n) is 2.98. The van der Waals surface area contributed by atoms with Gasteiger partial charge in [-0.2, -0.15) is 0 Å². The number of rotatable bonds is 1. The standard InChI is InChI=1S/C16H20N2O2/c19-15-11-12-6-7-13(10-14(12)17-15)16(20)18-8-4-2-1-3-5-9-18/h6-7,10H,1-5,8-9,11H2,(H,17,19). The molecule has 4 heteroatoms. The molecule has 20 heavy (non-hydrogen) atoms. The largest absolute Gasteiger partial charge is 0.339 e. The lowest BCUT2D eigenvalue weighted by Crippen LogP contribution is -2.33. The fraction of sp³-hybridized carbons (Fsp3) is 0.500. The maximum Gasteiger partial charge on any atom is 0.253 e. The van der Waals surface area contributed by atoms with Gasteiger partial charge in [0.1, 0.15) is 0 Å². The van der Waals surface area contributed by atoms with Crippen LogP contribution >= 0.6 is 0 Å². The molecule has 1 fully saturated rings.